The van der Waals surface area contributed by atoms with Crippen molar-refractivity contribution in [1.82, 2.24) is 9.29 Å². The van der Waals surface area contributed by atoms with Crippen molar-refractivity contribution in [3.63, 3.8) is 0 Å². The molecule has 0 bridgehead atoms. The Morgan fingerprint density at radius 1 is 1.35 bits per heavy atom. The van der Waals surface area contributed by atoms with Crippen molar-refractivity contribution in [2.45, 2.75) is 31.2 Å². The number of sulfonamides is 1. The number of benzene rings is 1. The minimum absolute atomic E-state index is 0.0172. The highest BCUT2D eigenvalue weighted by Gasteiger charge is 2.29. The van der Waals surface area contributed by atoms with Crippen molar-refractivity contribution < 1.29 is 17.2 Å². The van der Waals surface area contributed by atoms with E-state index in [0.29, 0.717) is 10.2 Å². The zero-order chi connectivity index (χ0) is 14.9. The van der Waals surface area contributed by atoms with Gasteiger partial charge >= 0.3 is 0 Å². The Balaban J connectivity index is 2.45. The summed E-state index contributed by atoms with van der Waals surface area (Å²) in [6, 6.07) is 3.92. The van der Waals surface area contributed by atoms with Gasteiger partial charge < -0.3 is 0 Å². The van der Waals surface area contributed by atoms with Gasteiger partial charge in [-0.3, -0.25) is 0 Å². The number of thiazole rings is 1. The van der Waals surface area contributed by atoms with Crippen LogP contribution in [0.4, 0.5) is 8.78 Å². The largest absolute Gasteiger partial charge is 0.252 e. The van der Waals surface area contributed by atoms with Crippen LogP contribution in [0.1, 0.15) is 13.8 Å². The number of halogens is 2. The number of nitrogens with zero attached hydrogens (tertiary/aromatic N) is 2. The van der Waals surface area contributed by atoms with Crippen LogP contribution in [0, 0.1) is 0 Å². The van der Waals surface area contributed by atoms with Gasteiger partial charge in [0.2, 0.25) is 10.0 Å². The molecule has 8 heteroatoms. The number of fused-ring (bicyclic) bond motifs is 1. The zero-order valence-electron chi connectivity index (χ0n) is 11.0. The standard InChI is InChI=1S/C12H14F2N2O2S2/c1-8(2)16(6-12(13)14)20(17,18)9-3-4-10-11(5-9)19-7-15-10/h3-5,7-8,12H,6H2,1-2H3. The van der Waals surface area contributed by atoms with Gasteiger partial charge in [-0.2, -0.15) is 4.31 Å². The molecule has 0 N–H and O–H groups in total. The van der Waals surface area contributed by atoms with E-state index < -0.39 is 29.0 Å². The number of alkyl halides is 2. The second-order valence-electron chi connectivity index (χ2n) is 4.54. The fourth-order valence-electron chi connectivity index (χ4n) is 1.85. The Kier molecular flexibility index (Phi) is 4.36. The fraction of sp³-hybridized carbons (Fsp3) is 0.417. The molecule has 1 aromatic heterocycles. The highest BCUT2D eigenvalue weighted by atomic mass is 32.2. The van der Waals surface area contributed by atoms with Crippen molar-refractivity contribution in [1.29, 1.82) is 0 Å². The average Bonchev–Trinajstić information content (AvgIpc) is 2.82. The molecule has 1 aromatic carbocycles. The molecule has 2 aromatic rings. The van der Waals surface area contributed by atoms with Crippen LogP contribution >= 0.6 is 11.3 Å². The minimum atomic E-state index is -3.93. The van der Waals surface area contributed by atoms with Gasteiger partial charge in [0.05, 0.1) is 27.2 Å². The average molecular weight is 320 g/mol. The second-order valence-corrected chi connectivity index (χ2v) is 7.32. The molecule has 110 valence electrons. The van der Waals surface area contributed by atoms with Crippen LogP contribution in [-0.4, -0.2) is 36.7 Å². The third kappa shape index (κ3) is 2.97. The van der Waals surface area contributed by atoms with E-state index >= 15 is 0 Å². The Hall–Kier alpha value is -1.12. The van der Waals surface area contributed by atoms with Crippen molar-refractivity contribution in [2.75, 3.05) is 6.54 Å². The summed E-state index contributed by atoms with van der Waals surface area (Å²) < 4.78 is 51.6. The number of aromatic nitrogens is 1. The lowest BCUT2D eigenvalue weighted by Gasteiger charge is -2.25. The maximum absolute atomic E-state index is 12.6. The maximum Gasteiger partial charge on any atom is 0.252 e. The molecule has 2 rings (SSSR count). The van der Waals surface area contributed by atoms with E-state index in [1.54, 1.807) is 25.4 Å². The molecule has 0 aliphatic heterocycles. The molecular weight excluding hydrogens is 306 g/mol. The summed E-state index contributed by atoms with van der Waals surface area (Å²) in [6.45, 7) is 2.34. The third-order valence-electron chi connectivity index (χ3n) is 2.80. The fourth-order valence-corrected chi connectivity index (χ4v) is 4.29. The van der Waals surface area contributed by atoms with Crippen molar-refractivity contribution >= 4 is 31.6 Å². The van der Waals surface area contributed by atoms with E-state index in [1.165, 1.54) is 23.5 Å². The topological polar surface area (TPSA) is 50.3 Å². The zero-order valence-corrected chi connectivity index (χ0v) is 12.6. The van der Waals surface area contributed by atoms with E-state index in [9.17, 15) is 17.2 Å². The Bertz CT molecular complexity index is 698. The summed E-state index contributed by atoms with van der Waals surface area (Å²) in [5, 5.41) is 0. The normalized spacial score (nSPS) is 12.9. The van der Waals surface area contributed by atoms with Crippen LogP contribution in [0.15, 0.2) is 28.6 Å². The van der Waals surface area contributed by atoms with Gasteiger partial charge in [0.25, 0.3) is 6.43 Å². The van der Waals surface area contributed by atoms with Gasteiger partial charge in [-0.15, -0.1) is 11.3 Å². The van der Waals surface area contributed by atoms with Crippen LogP contribution in [-0.2, 0) is 10.0 Å². The second kappa shape index (κ2) is 5.71. The highest BCUT2D eigenvalue weighted by molar-refractivity contribution is 7.89. The predicted octanol–water partition coefficient (Wildman–Crippen LogP) is 2.96. The summed E-state index contributed by atoms with van der Waals surface area (Å²) in [5.74, 6) is 0. The van der Waals surface area contributed by atoms with E-state index in [0.717, 1.165) is 4.31 Å². The summed E-state index contributed by atoms with van der Waals surface area (Å²) >= 11 is 1.31. The van der Waals surface area contributed by atoms with E-state index in [4.69, 9.17) is 0 Å². The third-order valence-corrected chi connectivity index (χ3v) is 5.63. The smallest absolute Gasteiger partial charge is 0.245 e. The first-order valence-corrected chi connectivity index (χ1v) is 8.27. The van der Waals surface area contributed by atoms with Crippen molar-refractivity contribution in [2.24, 2.45) is 0 Å². The van der Waals surface area contributed by atoms with Crippen LogP contribution in [0.3, 0.4) is 0 Å². The van der Waals surface area contributed by atoms with E-state index in [-0.39, 0.29) is 4.90 Å². The quantitative estimate of drug-likeness (QED) is 0.851. The first kappa shape index (κ1) is 15.3. The lowest BCUT2D eigenvalue weighted by atomic mass is 10.3. The molecule has 0 saturated heterocycles. The molecule has 0 fully saturated rings. The summed E-state index contributed by atoms with van der Waals surface area (Å²) in [5.41, 5.74) is 2.30. The van der Waals surface area contributed by atoms with Gasteiger partial charge in [-0.25, -0.2) is 22.2 Å². The number of rotatable bonds is 5. The molecule has 0 radical (unpaired) electrons. The van der Waals surface area contributed by atoms with Crippen molar-refractivity contribution in [3.8, 4) is 0 Å². The molecular formula is C12H14F2N2O2S2. The maximum atomic E-state index is 12.6. The SMILES string of the molecule is CC(C)N(CC(F)F)S(=O)(=O)c1ccc2ncsc2c1. The Morgan fingerprint density at radius 3 is 2.65 bits per heavy atom. The minimum Gasteiger partial charge on any atom is -0.245 e. The van der Waals surface area contributed by atoms with E-state index in [1.807, 2.05) is 0 Å². The van der Waals surface area contributed by atoms with Crippen LogP contribution in [0.5, 0.6) is 0 Å². The van der Waals surface area contributed by atoms with Gasteiger partial charge in [0, 0.05) is 6.04 Å². The molecule has 20 heavy (non-hydrogen) atoms. The van der Waals surface area contributed by atoms with E-state index in [2.05, 4.69) is 4.98 Å². The highest BCUT2D eigenvalue weighted by Crippen LogP contribution is 2.25. The summed E-state index contributed by atoms with van der Waals surface area (Å²) in [7, 11) is -3.93. The van der Waals surface area contributed by atoms with Gasteiger partial charge in [-0.05, 0) is 32.0 Å². The Labute approximate surface area is 120 Å². The van der Waals surface area contributed by atoms with Crippen LogP contribution in [0.25, 0.3) is 10.2 Å². The molecule has 0 amide bonds. The van der Waals surface area contributed by atoms with Crippen molar-refractivity contribution in [3.05, 3.63) is 23.7 Å². The lowest BCUT2D eigenvalue weighted by Crippen LogP contribution is -2.40. The molecule has 0 atom stereocenters. The summed E-state index contributed by atoms with van der Waals surface area (Å²) in [6.07, 6.45) is -2.71. The van der Waals surface area contributed by atoms with Gasteiger partial charge in [0.15, 0.2) is 0 Å². The summed E-state index contributed by atoms with van der Waals surface area (Å²) in [4.78, 5) is 4.08. The number of hydrogen-bond acceptors (Lipinski definition) is 4. The molecule has 1 heterocycles. The number of hydrogen-bond donors (Lipinski definition) is 0. The van der Waals surface area contributed by atoms with Gasteiger partial charge in [-0.1, -0.05) is 0 Å². The molecule has 4 nitrogen and oxygen atoms in total. The lowest BCUT2D eigenvalue weighted by molar-refractivity contribution is 0.111. The molecule has 0 spiro atoms. The molecule has 0 aliphatic carbocycles. The van der Waals surface area contributed by atoms with Crippen LogP contribution < -0.4 is 0 Å². The van der Waals surface area contributed by atoms with Gasteiger partial charge in [0.1, 0.15) is 0 Å². The van der Waals surface area contributed by atoms with Crippen LogP contribution in [0.2, 0.25) is 0 Å². The molecule has 0 unspecified atom stereocenters. The first-order chi connectivity index (χ1) is 9.32. The first-order valence-electron chi connectivity index (χ1n) is 5.95. The monoisotopic (exact) mass is 320 g/mol. The Morgan fingerprint density at radius 2 is 2.05 bits per heavy atom. The predicted molar refractivity (Wildman–Crippen MR) is 74.7 cm³/mol. The molecule has 0 aliphatic rings. The molecule has 0 saturated carbocycles.